The molecule has 3 N–H and O–H groups in total. The van der Waals surface area contributed by atoms with Crippen molar-refractivity contribution in [1.82, 2.24) is 5.32 Å². The number of sulfone groups is 1. The second-order valence-electron chi connectivity index (χ2n) is 4.15. The van der Waals surface area contributed by atoms with Crippen LogP contribution in [-0.4, -0.2) is 51.7 Å². The first-order chi connectivity index (χ1) is 7.89. The minimum atomic E-state index is -2.97. The molecule has 0 aromatic rings. The first kappa shape index (κ1) is 17.6. The van der Waals surface area contributed by atoms with Gasteiger partial charge >= 0.3 is 0 Å². The molecular formula is C10H20IN3O3S. The molecule has 1 rings (SSSR count). The third kappa shape index (κ3) is 7.17. The summed E-state index contributed by atoms with van der Waals surface area (Å²) in [5.74, 6) is 0.413. The maximum Gasteiger partial charge on any atom is 0.188 e. The van der Waals surface area contributed by atoms with Crippen molar-refractivity contribution in [3.8, 4) is 0 Å². The predicted octanol–water partition coefficient (Wildman–Crippen LogP) is -0.102. The fourth-order valence-electron chi connectivity index (χ4n) is 1.37. The normalized spacial score (nSPS) is 22.9. The van der Waals surface area contributed by atoms with Crippen molar-refractivity contribution in [2.45, 2.75) is 13.0 Å². The molecule has 1 fully saturated rings. The first-order valence-corrected chi connectivity index (χ1v) is 7.21. The molecule has 0 saturated carbocycles. The van der Waals surface area contributed by atoms with E-state index < -0.39 is 9.84 Å². The molecule has 0 radical (unpaired) electrons. The Morgan fingerprint density at radius 3 is 2.83 bits per heavy atom. The zero-order valence-electron chi connectivity index (χ0n) is 10.4. The van der Waals surface area contributed by atoms with Crippen LogP contribution >= 0.6 is 24.0 Å². The van der Waals surface area contributed by atoms with E-state index in [1.165, 1.54) is 0 Å². The lowest BCUT2D eigenvalue weighted by Crippen LogP contribution is -2.44. The Bertz CT molecular complexity index is 409. The van der Waals surface area contributed by atoms with E-state index in [9.17, 15) is 8.42 Å². The van der Waals surface area contributed by atoms with Crippen LogP contribution in [0.2, 0.25) is 0 Å². The number of hydrogen-bond donors (Lipinski definition) is 2. The van der Waals surface area contributed by atoms with Crippen LogP contribution in [0.1, 0.15) is 6.92 Å². The van der Waals surface area contributed by atoms with Crippen LogP contribution in [0, 0.1) is 0 Å². The zero-order valence-corrected chi connectivity index (χ0v) is 13.5. The number of ether oxygens (including phenoxy) is 1. The molecule has 1 saturated heterocycles. The molecule has 0 amide bonds. The molecule has 1 unspecified atom stereocenters. The molecule has 1 aliphatic heterocycles. The van der Waals surface area contributed by atoms with Crippen LogP contribution in [-0.2, 0) is 14.6 Å². The lowest BCUT2D eigenvalue weighted by molar-refractivity contribution is 0.0748. The van der Waals surface area contributed by atoms with Gasteiger partial charge in [0.15, 0.2) is 15.8 Å². The Hall–Kier alpha value is -0.350. The van der Waals surface area contributed by atoms with Gasteiger partial charge in [0.25, 0.3) is 0 Å². The van der Waals surface area contributed by atoms with Gasteiger partial charge in [0, 0.05) is 6.54 Å². The second-order valence-corrected chi connectivity index (χ2v) is 6.38. The van der Waals surface area contributed by atoms with Gasteiger partial charge in [-0.2, -0.15) is 0 Å². The Morgan fingerprint density at radius 2 is 2.28 bits per heavy atom. The highest BCUT2D eigenvalue weighted by Crippen LogP contribution is 2.06. The second kappa shape index (κ2) is 7.95. The Morgan fingerprint density at radius 1 is 1.61 bits per heavy atom. The standard InChI is InChI=1S/C10H19N3O3S.HI/c1-8(2)5-12-10(11)13-6-9-7-17(14,15)4-3-16-9;/h9H,1,3-7H2,2H3,(H3,11,12,13);1H. The molecule has 1 atom stereocenters. The maximum atomic E-state index is 11.3. The minimum absolute atomic E-state index is 0. The van der Waals surface area contributed by atoms with Crippen LogP contribution in [0.3, 0.4) is 0 Å². The van der Waals surface area contributed by atoms with Gasteiger partial charge in [-0.3, -0.25) is 0 Å². The SMILES string of the molecule is C=C(C)CN=C(N)NCC1CS(=O)(=O)CCO1.I. The Balaban J connectivity index is 0.00000289. The number of guanidine groups is 1. The highest BCUT2D eigenvalue weighted by molar-refractivity contribution is 14.0. The molecule has 1 aliphatic rings. The summed E-state index contributed by atoms with van der Waals surface area (Å²) < 4.78 is 28.0. The number of halogens is 1. The smallest absolute Gasteiger partial charge is 0.188 e. The minimum Gasteiger partial charge on any atom is -0.374 e. The predicted molar refractivity (Wildman–Crippen MR) is 83.1 cm³/mol. The van der Waals surface area contributed by atoms with Gasteiger partial charge in [-0.05, 0) is 6.92 Å². The van der Waals surface area contributed by atoms with Gasteiger partial charge < -0.3 is 15.8 Å². The van der Waals surface area contributed by atoms with Crippen molar-refractivity contribution in [3.05, 3.63) is 12.2 Å². The molecule has 0 aromatic heterocycles. The van der Waals surface area contributed by atoms with E-state index in [2.05, 4.69) is 16.9 Å². The summed E-state index contributed by atoms with van der Waals surface area (Å²) in [4.78, 5) is 4.02. The highest BCUT2D eigenvalue weighted by Gasteiger charge is 2.25. The fraction of sp³-hybridized carbons (Fsp3) is 0.700. The Labute approximate surface area is 125 Å². The van der Waals surface area contributed by atoms with E-state index in [-0.39, 0.29) is 54.2 Å². The molecule has 0 bridgehead atoms. The largest absolute Gasteiger partial charge is 0.374 e. The van der Waals surface area contributed by atoms with E-state index in [1.807, 2.05) is 6.92 Å². The van der Waals surface area contributed by atoms with Gasteiger partial charge in [-0.15, -0.1) is 24.0 Å². The van der Waals surface area contributed by atoms with Crippen molar-refractivity contribution < 1.29 is 13.2 Å². The van der Waals surface area contributed by atoms with Crippen LogP contribution in [0.25, 0.3) is 0 Å². The summed E-state index contributed by atoms with van der Waals surface area (Å²) in [5.41, 5.74) is 6.51. The lowest BCUT2D eigenvalue weighted by Gasteiger charge is -2.23. The van der Waals surface area contributed by atoms with Crippen molar-refractivity contribution in [3.63, 3.8) is 0 Å². The number of nitrogens with zero attached hydrogens (tertiary/aromatic N) is 1. The summed E-state index contributed by atoms with van der Waals surface area (Å²) in [6.07, 6.45) is -0.354. The fourth-order valence-corrected chi connectivity index (χ4v) is 2.67. The first-order valence-electron chi connectivity index (χ1n) is 5.39. The molecule has 8 heteroatoms. The molecule has 1 heterocycles. The van der Waals surface area contributed by atoms with Crippen LogP contribution in [0.15, 0.2) is 17.1 Å². The average molecular weight is 389 g/mol. The topological polar surface area (TPSA) is 93.8 Å². The Kier molecular flexibility index (Phi) is 7.79. The third-order valence-electron chi connectivity index (χ3n) is 2.22. The van der Waals surface area contributed by atoms with E-state index in [4.69, 9.17) is 10.5 Å². The van der Waals surface area contributed by atoms with Crippen LogP contribution in [0.4, 0.5) is 0 Å². The summed E-state index contributed by atoms with van der Waals surface area (Å²) in [6.45, 7) is 6.62. The summed E-state index contributed by atoms with van der Waals surface area (Å²) >= 11 is 0. The van der Waals surface area contributed by atoms with Crippen LogP contribution in [0.5, 0.6) is 0 Å². The van der Waals surface area contributed by atoms with Crippen molar-refractivity contribution >= 4 is 39.8 Å². The summed E-state index contributed by atoms with van der Waals surface area (Å²) in [7, 11) is -2.97. The summed E-state index contributed by atoms with van der Waals surface area (Å²) in [5, 5.41) is 2.84. The van der Waals surface area contributed by atoms with E-state index >= 15 is 0 Å². The number of hydrogen-bond acceptors (Lipinski definition) is 4. The van der Waals surface area contributed by atoms with Gasteiger partial charge in [-0.25, -0.2) is 13.4 Å². The molecule has 6 nitrogen and oxygen atoms in total. The molecule has 18 heavy (non-hydrogen) atoms. The van der Waals surface area contributed by atoms with Crippen LogP contribution < -0.4 is 11.1 Å². The van der Waals surface area contributed by atoms with E-state index in [0.29, 0.717) is 13.1 Å². The molecular weight excluding hydrogens is 369 g/mol. The van der Waals surface area contributed by atoms with Gasteiger partial charge in [0.2, 0.25) is 0 Å². The molecule has 0 aliphatic carbocycles. The molecule has 106 valence electrons. The molecule has 0 aromatic carbocycles. The van der Waals surface area contributed by atoms with Gasteiger partial charge in [0.05, 0.1) is 30.8 Å². The van der Waals surface area contributed by atoms with E-state index in [1.54, 1.807) is 0 Å². The van der Waals surface area contributed by atoms with Gasteiger partial charge in [0.1, 0.15) is 0 Å². The number of nitrogens with one attached hydrogen (secondary N) is 1. The molecule has 0 spiro atoms. The van der Waals surface area contributed by atoms with Crippen molar-refractivity contribution in [2.24, 2.45) is 10.7 Å². The van der Waals surface area contributed by atoms with Crippen molar-refractivity contribution in [1.29, 1.82) is 0 Å². The van der Waals surface area contributed by atoms with Crippen molar-refractivity contribution in [2.75, 3.05) is 31.2 Å². The average Bonchev–Trinajstić information content (AvgIpc) is 2.22. The highest BCUT2D eigenvalue weighted by atomic mass is 127. The number of rotatable bonds is 4. The monoisotopic (exact) mass is 389 g/mol. The van der Waals surface area contributed by atoms with Gasteiger partial charge in [-0.1, -0.05) is 12.2 Å². The summed E-state index contributed by atoms with van der Waals surface area (Å²) in [6, 6.07) is 0. The number of nitrogens with two attached hydrogens (primary N) is 1. The van der Waals surface area contributed by atoms with E-state index in [0.717, 1.165) is 5.57 Å². The lowest BCUT2D eigenvalue weighted by atomic mass is 10.4. The third-order valence-corrected chi connectivity index (χ3v) is 3.89. The zero-order chi connectivity index (χ0) is 12.9. The maximum absolute atomic E-state index is 11.3. The number of aliphatic imine (C=N–C) groups is 1. The quantitative estimate of drug-likeness (QED) is 0.303.